The fourth-order valence-corrected chi connectivity index (χ4v) is 6.80. The van der Waals surface area contributed by atoms with E-state index < -0.39 is 5.97 Å². The fourth-order valence-electron chi connectivity index (χ4n) is 5.25. The molecule has 1 fully saturated rings. The number of hydrogen-bond acceptors (Lipinski definition) is 6. The molecule has 3 heterocycles. The van der Waals surface area contributed by atoms with Gasteiger partial charge in [-0.05, 0) is 35.4 Å². The van der Waals surface area contributed by atoms with Gasteiger partial charge in [-0.25, -0.2) is 4.79 Å². The molecule has 0 aliphatic carbocycles. The van der Waals surface area contributed by atoms with Crippen molar-refractivity contribution in [2.45, 2.75) is 6.54 Å². The van der Waals surface area contributed by atoms with E-state index in [1.54, 1.807) is 34.0 Å². The lowest BCUT2D eigenvalue weighted by atomic mass is 9.97. The lowest BCUT2D eigenvalue weighted by molar-refractivity contribution is 0.0516. The Morgan fingerprint density at radius 1 is 1.00 bits per heavy atom. The molecular formula is C30H26Cl2N4O4S. The third kappa shape index (κ3) is 5.37. The number of carbonyl (C=O) groups excluding carboxylic acids is 1. The summed E-state index contributed by atoms with van der Waals surface area (Å²) < 4.78 is 7.86. The number of para-hydroxylation sites is 1. The van der Waals surface area contributed by atoms with Crippen LogP contribution in [0.5, 0.6) is 5.75 Å². The van der Waals surface area contributed by atoms with Crippen LogP contribution in [0.3, 0.4) is 0 Å². The highest BCUT2D eigenvalue weighted by Crippen LogP contribution is 2.40. The van der Waals surface area contributed by atoms with Gasteiger partial charge < -0.3 is 19.6 Å². The molecule has 0 atom stereocenters. The maximum absolute atomic E-state index is 13.6. The maximum atomic E-state index is 13.6. The van der Waals surface area contributed by atoms with E-state index >= 15 is 0 Å². The normalized spacial score (nSPS) is 14.9. The van der Waals surface area contributed by atoms with Crippen molar-refractivity contribution in [2.24, 2.45) is 7.05 Å². The number of amides is 1. The highest BCUT2D eigenvalue weighted by molar-refractivity contribution is 7.99. The molecule has 11 heteroatoms. The van der Waals surface area contributed by atoms with Crippen LogP contribution in [-0.4, -0.2) is 63.0 Å². The van der Waals surface area contributed by atoms with Crippen molar-refractivity contribution in [3.8, 4) is 28.0 Å². The van der Waals surface area contributed by atoms with Crippen LogP contribution in [-0.2, 0) is 13.6 Å². The van der Waals surface area contributed by atoms with E-state index in [1.807, 2.05) is 55.3 Å². The largest absolute Gasteiger partial charge is 0.478 e. The molecule has 1 amide bonds. The van der Waals surface area contributed by atoms with Crippen LogP contribution in [0.25, 0.3) is 22.3 Å². The summed E-state index contributed by atoms with van der Waals surface area (Å²) in [6.07, 6.45) is 3.56. The number of aryl methyl sites for hydroxylation is 1. The minimum absolute atomic E-state index is 0.0171. The van der Waals surface area contributed by atoms with Crippen molar-refractivity contribution in [2.75, 3.05) is 36.2 Å². The van der Waals surface area contributed by atoms with Gasteiger partial charge in [0.1, 0.15) is 5.75 Å². The average Bonchev–Trinajstić information content (AvgIpc) is 3.42. The highest BCUT2D eigenvalue weighted by Gasteiger charge is 2.29. The Hall–Kier alpha value is -3.66. The van der Waals surface area contributed by atoms with Crippen LogP contribution in [0, 0.1) is 0 Å². The number of anilines is 1. The van der Waals surface area contributed by atoms with E-state index in [4.69, 9.17) is 27.9 Å². The van der Waals surface area contributed by atoms with Crippen LogP contribution < -0.4 is 9.64 Å². The first-order valence-corrected chi connectivity index (χ1v) is 14.9. The molecule has 41 heavy (non-hydrogen) atoms. The molecule has 1 aromatic heterocycles. The van der Waals surface area contributed by atoms with Crippen molar-refractivity contribution in [3.63, 3.8) is 0 Å². The number of rotatable bonds is 5. The Morgan fingerprint density at radius 2 is 1.76 bits per heavy atom. The molecule has 6 rings (SSSR count). The number of halogens is 2. The molecule has 2 aliphatic rings. The molecule has 0 bridgehead atoms. The number of carbonyl (C=O) groups is 2. The molecule has 0 spiro atoms. The van der Waals surface area contributed by atoms with Crippen molar-refractivity contribution in [1.29, 1.82) is 0 Å². The average molecular weight is 610 g/mol. The zero-order valence-corrected chi connectivity index (χ0v) is 24.5. The van der Waals surface area contributed by atoms with Crippen molar-refractivity contribution < 1.29 is 19.4 Å². The number of carboxylic acids is 1. The number of carboxylic acid groups (broad SMARTS) is 1. The van der Waals surface area contributed by atoms with Gasteiger partial charge in [-0.2, -0.15) is 16.9 Å². The molecule has 2 aliphatic heterocycles. The van der Waals surface area contributed by atoms with Gasteiger partial charge in [-0.1, -0.05) is 47.5 Å². The molecule has 210 valence electrons. The zero-order valence-electron chi connectivity index (χ0n) is 22.1. The van der Waals surface area contributed by atoms with Crippen LogP contribution in [0.2, 0.25) is 10.0 Å². The molecule has 1 N–H and O–H groups in total. The topological polar surface area (TPSA) is 87.9 Å². The van der Waals surface area contributed by atoms with E-state index in [9.17, 15) is 14.7 Å². The van der Waals surface area contributed by atoms with Gasteiger partial charge in [0.15, 0.2) is 6.73 Å². The Labute approximate surface area is 251 Å². The quantitative estimate of drug-likeness (QED) is 0.284. The first-order valence-electron chi connectivity index (χ1n) is 13.0. The van der Waals surface area contributed by atoms with Gasteiger partial charge in [0.25, 0.3) is 5.91 Å². The molecule has 0 saturated carbocycles. The monoisotopic (exact) mass is 608 g/mol. The molecule has 0 radical (unpaired) electrons. The number of aromatic nitrogens is 2. The Balaban J connectivity index is 1.28. The number of hydrogen-bond donors (Lipinski definition) is 1. The minimum atomic E-state index is -0.948. The third-order valence-electron chi connectivity index (χ3n) is 7.29. The van der Waals surface area contributed by atoms with Crippen LogP contribution in [0.15, 0.2) is 60.9 Å². The van der Waals surface area contributed by atoms with E-state index in [0.717, 1.165) is 52.4 Å². The van der Waals surface area contributed by atoms with Gasteiger partial charge >= 0.3 is 5.97 Å². The maximum Gasteiger partial charge on any atom is 0.337 e. The summed E-state index contributed by atoms with van der Waals surface area (Å²) in [4.78, 5) is 29.3. The lowest BCUT2D eigenvalue weighted by Gasteiger charge is -2.32. The van der Waals surface area contributed by atoms with E-state index in [0.29, 0.717) is 18.0 Å². The third-order valence-corrected chi connectivity index (χ3v) is 8.83. The smallest absolute Gasteiger partial charge is 0.337 e. The number of ether oxygens (including phenoxy) is 1. The van der Waals surface area contributed by atoms with Crippen molar-refractivity contribution >= 4 is 52.5 Å². The Morgan fingerprint density at radius 3 is 2.44 bits per heavy atom. The first kappa shape index (κ1) is 27.5. The van der Waals surface area contributed by atoms with Gasteiger partial charge in [-0.15, -0.1) is 0 Å². The predicted molar refractivity (Wildman–Crippen MR) is 162 cm³/mol. The summed E-state index contributed by atoms with van der Waals surface area (Å²) in [6, 6.07) is 14.6. The molecule has 1 saturated heterocycles. The molecular weight excluding hydrogens is 583 g/mol. The van der Waals surface area contributed by atoms with Crippen LogP contribution in [0.1, 0.15) is 26.3 Å². The van der Waals surface area contributed by atoms with Crippen LogP contribution in [0.4, 0.5) is 5.69 Å². The van der Waals surface area contributed by atoms with E-state index in [1.165, 1.54) is 0 Å². The van der Waals surface area contributed by atoms with Crippen molar-refractivity contribution in [3.05, 3.63) is 87.7 Å². The highest BCUT2D eigenvalue weighted by atomic mass is 35.5. The lowest BCUT2D eigenvalue weighted by Crippen LogP contribution is -2.37. The van der Waals surface area contributed by atoms with Gasteiger partial charge in [0.05, 0.1) is 39.6 Å². The fraction of sp³-hybridized carbons (Fsp3) is 0.233. The summed E-state index contributed by atoms with van der Waals surface area (Å²) in [5.41, 5.74) is 5.36. The molecule has 0 unspecified atom stereocenters. The standard InChI is InChI=1S/C30H26Cl2N4O4S/c1-34-15-21(14-33-34)20-11-24(31)27(25(32)12-20)29(37)36-16-19-3-2-4-22(28(19)40-17-36)18-5-6-23(30(38)39)26(13-18)35-7-9-41-10-8-35/h2-6,11-15H,7-10,16-17H2,1H3,(H,38,39). The molecule has 3 aromatic carbocycles. The minimum Gasteiger partial charge on any atom is -0.478 e. The summed E-state index contributed by atoms with van der Waals surface area (Å²) in [5.74, 6) is 1.30. The van der Waals surface area contributed by atoms with E-state index in [-0.39, 0.29) is 33.8 Å². The summed E-state index contributed by atoms with van der Waals surface area (Å²) in [7, 11) is 1.82. The van der Waals surface area contributed by atoms with Crippen LogP contribution >= 0.6 is 35.0 Å². The second kappa shape index (κ2) is 11.3. The summed E-state index contributed by atoms with van der Waals surface area (Å²) in [6.45, 7) is 1.91. The summed E-state index contributed by atoms with van der Waals surface area (Å²) in [5, 5.41) is 14.5. The number of aromatic carboxylic acids is 1. The van der Waals surface area contributed by atoms with Gasteiger partial charge in [0.2, 0.25) is 0 Å². The molecule has 4 aromatic rings. The summed E-state index contributed by atoms with van der Waals surface area (Å²) >= 11 is 15.0. The first-order chi connectivity index (χ1) is 19.8. The second-order valence-electron chi connectivity index (χ2n) is 9.92. The Kier molecular flexibility index (Phi) is 7.59. The SMILES string of the molecule is Cn1cc(-c2cc(Cl)c(C(=O)N3COc4c(cccc4-c4ccc(C(=O)O)c(N5CCSCC5)c4)C3)c(Cl)c2)cn1. The van der Waals surface area contributed by atoms with Gasteiger partial charge in [-0.3, -0.25) is 9.48 Å². The number of thioether (sulfide) groups is 1. The number of fused-ring (bicyclic) bond motifs is 1. The van der Waals surface area contributed by atoms with E-state index in [2.05, 4.69) is 10.00 Å². The zero-order chi connectivity index (χ0) is 28.7. The number of benzene rings is 3. The number of nitrogens with zero attached hydrogens (tertiary/aromatic N) is 4. The second-order valence-corrected chi connectivity index (χ2v) is 12.0. The Bertz CT molecular complexity index is 1650. The predicted octanol–water partition coefficient (Wildman–Crippen LogP) is 6.30. The van der Waals surface area contributed by atoms with Gasteiger partial charge in [0, 0.05) is 54.5 Å². The molecule has 8 nitrogen and oxygen atoms in total. The van der Waals surface area contributed by atoms with Crippen molar-refractivity contribution in [1.82, 2.24) is 14.7 Å².